The Balaban J connectivity index is 2.37. The number of aromatic nitrogens is 1. The van der Waals surface area contributed by atoms with Gasteiger partial charge in [0.2, 0.25) is 5.91 Å². The van der Waals surface area contributed by atoms with Gasteiger partial charge in [0.05, 0.1) is 30.9 Å². The molecule has 0 saturated heterocycles. The number of alkyl halides is 3. The van der Waals surface area contributed by atoms with E-state index in [1.165, 1.54) is 18.3 Å². The summed E-state index contributed by atoms with van der Waals surface area (Å²) in [6.45, 7) is -1.81. The number of nitrogens with zero attached hydrogens (tertiary/aromatic N) is 1. The van der Waals surface area contributed by atoms with Crippen LogP contribution >= 0.6 is 0 Å². The number of carboxylic acids is 1. The van der Waals surface area contributed by atoms with E-state index in [-0.39, 0.29) is 12.1 Å². The first-order valence-electron chi connectivity index (χ1n) is 5.50. The van der Waals surface area contributed by atoms with Gasteiger partial charge in [-0.2, -0.15) is 13.2 Å². The minimum Gasteiger partial charge on any atom is -0.478 e. The maximum atomic E-state index is 11.8. The number of pyridine rings is 1. The topological polar surface area (TPSA) is 91.3 Å². The van der Waals surface area contributed by atoms with Crippen LogP contribution < -0.4 is 10.6 Å². The molecule has 0 saturated carbocycles. The van der Waals surface area contributed by atoms with Crippen molar-refractivity contribution in [3.63, 3.8) is 0 Å². The molecule has 0 atom stereocenters. The van der Waals surface area contributed by atoms with Crippen molar-refractivity contribution in [2.24, 2.45) is 0 Å². The van der Waals surface area contributed by atoms with Crippen LogP contribution in [0.25, 0.3) is 0 Å². The van der Waals surface area contributed by atoms with Crippen LogP contribution in [0.2, 0.25) is 0 Å². The number of carbonyl (C=O) groups excluding carboxylic acids is 1. The summed E-state index contributed by atoms with van der Waals surface area (Å²) in [6, 6.07) is 2.56. The lowest BCUT2D eigenvalue weighted by Crippen LogP contribution is -2.38. The fourth-order valence-corrected chi connectivity index (χ4v) is 1.28. The molecule has 6 nitrogen and oxygen atoms in total. The van der Waals surface area contributed by atoms with E-state index in [1.54, 1.807) is 0 Å². The smallest absolute Gasteiger partial charge is 0.401 e. The summed E-state index contributed by atoms with van der Waals surface area (Å²) >= 11 is 0. The van der Waals surface area contributed by atoms with Crippen molar-refractivity contribution in [2.45, 2.75) is 12.7 Å². The van der Waals surface area contributed by atoms with Crippen LogP contribution in [0.4, 0.5) is 13.2 Å². The molecule has 1 aromatic heterocycles. The van der Waals surface area contributed by atoms with Gasteiger partial charge in [-0.25, -0.2) is 4.79 Å². The van der Waals surface area contributed by atoms with E-state index in [2.05, 4.69) is 10.3 Å². The van der Waals surface area contributed by atoms with E-state index in [4.69, 9.17) is 5.11 Å². The molecule has 0 aliphatic rings. The number of rotatable bonds is 6. The first kappa shape index (κ1) is 15.9. The molecule has 0 radical (unpaired) electrons. The summed E-state index contributed by atoms with van der Waals surface area (Å²) in [5, 5.41) is 13.0. The van der Waals surface area contributed by atoms with Gasteiger partial charge in [-0.1, -0.05) is 0 Å². The maximum Gasteiger partial charge on any atom is 0.401 e. The summed E-state index contributed by atoms with van der Waals surface area (Å²) in [5.74, 6) is -1.77. The lowest BCUT2D eigenvalue weighted by molar-refractivity contribution is -0.128. The van der Waals surface area contributed by atoms with Gasteiger partial charge in [-0.05, 0) is 12.1 Å². The van der Waals surface area contributed by atoms with Crippen LogP contribution in [-0.4, -0.2) is 41.2 Å². The van der Waals surface area contributed by atoms with E-state index >= 15 is 0 Å². The van der Waals surface area contributed by atoms with Crippen LogP contribution in [0, 0.1) is 0 Å². The normalized spacial score (nSPS) is 11.2. The highest BCUT2D eigenvalue weighted by molar-refractivity contribution is 5.87. The molecule has 0 spiro atoms. The Bertz CT molecular complexity index is 491. The summed E-state index contributed by atoms with van der Waals surface area (Å²) in [7, 11) is 0. The Morgan fingerprint density at radius 3 is 2.65 bits per heavy atom. The SMILES string of the molecule is O=C(CNCC(F)(F)F)NCc1cc(C(=O)O)ccn1. The minimum absolute atomic E-state index is 0.0134. The Hall–Kier alpha value is -2.16. The van der Waals surface area contributed by atoms with Crippen molar-refractivity contribution in [3.05, 3.63) is 29.6 Å². The lowest BCUT2D eigenvalue weighted by Gasteiger charge is -2.08. The average Bonchev–Trinajstić information content (AvgIpc) is 2.35. The molecule has 9 heteroatoms. The van der Waals surface area contributed by atoms with Crippen LogP contribution in [0.3, 0.4) is 0 Å². The molecule has 0 bridgehead atoms. The predicted molar refractivity (Wildman–Crippen MR) is 62.0 cm³/mol. The monoisotopic (exact) mass is 291 g/mol. The van der Waals surface area contributed by atoms with Gasteiger partial charge < -0.3 is 15.7 Å². The molecule has 0 aliphatic heterocycles. The largest absolute Gasteiger partial charge is 0.478 e. The van der Waals surface area contributed by atoms with Crippen molar-refractivity contribution in [3.8, 4) is 0 Å². The second kappa shape index (κ2) is 6.85. The number of hydrogen-bond acceptors (Lipinski definition) is 4. The lowest BCUT2D eigenvalue weighted by atomic mass is 10.2. The number of aromatic carboxylic acids is 1. The molecule has 1 aromatic rings. The molecule has 3 N–H and O–H groups in total. The van der Waals surface area contributed by atoms with Crippen LogP contribution in [0.15, 0.2) is 18.3 Å². The van der Waals surface area contributed by atoms with Crippen molar-refractivity contribution in [2.75, 3.05) is 13.1 Å². The summed E-state index contributed by atoms with van der Waals surface area (Å²) in [6.07, 6.45) is -3.11. The van der Waals surface area contributed by atoms with E-state index in [1.807, 2.05) is 5.32 Å². The number of halogens is 3. The maximum absolute atomic E-state index is 11.8. The van der Waals surface area contributed by atoms with Crippen LogP contribution in [0.5, 0.6) is 0 Å². The molecule has 20 heavy (non-hydrogen) atoms. The molecule has 0 fully saturated rings. The van der Waals surface area contributed by atoms with Crippen molar-refractivity contribution < 1.29 is 27.9 Å². The highest BCUT2D eigenvalue weighted by Gasteiger charge is 2.26. The second-order valence-corrected chi connectivity index (χ2v) is 3.84. The molecular formula is C11H12F3N3O3. The fourth-order valence-electron chi connectivity index (χ4n) is 1.28. The Morgan fingerprint density at radius 1 is 1.35 bits per heavy atom. The van der Waals surface area contributed by atoms with Crippen LogP contribution in [0.1, 0.15) is 16.1 Å². The third kappa shape index (κ3) is 6.14. The Labute approximate surface area is 112 Å². The fraction of sp³-hybridized carbons (Fsp3) is 0.364. The first-order valence-corrected chi connectivity index (χ1v) is 5.50. The molecule has 0 unspecified atom stereocenters. The number of amides is 1. The third-order valence-electron chi connectivity index (χ3n) is 2.14. The Kier molecular flexibility index (Phi) is 5.44. The van der Waals surface area contributed by atoms with Gasteiger partial charge in [0, 0.05) is 6.20 Å². The highest BCUT2D eigenvalue weighted by Crippen LogP contribution is 2.11. The standard InChI is InChI=1S/C11H12F3N3O3/c12-11(13,14)6-15-5-9(18)17-4-8-3-7(10(19)20)1-2-16-8/h1-3,15H,4-6H2,(H,17,18)(H,19,20). The third-order valence-corrected chi connectivity index (χ3v) is 2.14. The summed E-state index contributed by atoms with van der Waals surface area (Å²) < 4.78 is 35.5. The molecule has 1 amide bonds. The van der Waals surface area contributed by atoms with Gasteiger partial charge in [0.15, 0.2) is 0 Å². The zero-order chi connectivity index (χ0) is 15.2. The van der Waals surface area contributed by atoms with Gasteiger partial charge in [-0.15, -0.1) is 0 Å². The number of hydrogen-bond donors (Lipinski definition) is 3. The van der Waals surface area contributed by atoms with E-state index < -0.39 is 31.1 Å². The zero-order valence-corrected chi connectivity index (χ0v) is 10.2. The summed E-state index contributed by atoms with van der Waals surface area (Å²) in [5.41, 5.74) is 0.313. The van der Waals surface area contributed by atoms with E-state index in [9.17, 15) is 22.8 Å². The Morgan fingerprint density at radius 2 is 2.05 bits per heavy atom. The van der Waals surface area contributed by atoms with Gasteiger partial charge in [0.25, 0.3) is 0 Å². The minimum atomic E-state index is -4.38. The second-order valence-electron chi connectivity index (χ2n) is 3.84. The van der Waals surface area contributed by atoms with Gasteiger partial charge >= 0.3 is 12.1 Å². The van der Waals surface area contributed by atoms with Gasteiger partial charge in [-0.3, -0.25) is 9.78 Å². The highest BCUT2D eigenvalue weighted by atomic mass is 19.4. The molecule has 110 valence electrons. The molecule has 1 heterocycles. The van der Waals surface area contributed by atoms with Crippen LogP contribution in [-0.2, 0) is 11.3 Å². The average molecular weight is 291 g/mol. The molecule has 0 aromatic carbocycles. The van der Waals surface area contributed by atoms with E-state index in [0.717, 1.165) is 0 Å². The van der Waals surface area contributed by atoms with Crippen molar-refractivity contribution in [1.82, 2.24) is 15.6 Å². The van der Waals surface area contributed by atoms with Crippen molar-refractivity contribution >= 4 is 11.9 Å². The summed E-state index contributed by atoms with van der Waals surface area (Å²) in [4.78, 5) is 25.8. The van der Waals surface area contributed by atoms with Crippen molar-refractivity contribution in [1.29, 1.82) is 0 Å². The van der Waals surface area contributed by atoms with E-state index in [0.29, 0.717) is 5.69 Å². The quantitative estimate of drug-likeness (QED) is 0.712. The number of carbonyl (C=O) groups is 2. The first-order chi connectivity index (χ1) is 9.28. The number of nitrogens with one attached hydrogen (secondary N) is 2. The zero-order valence-electron chi connectivity index (χ0n) is 10.2. The van der Waals surface area contributed by atoms with Gasteiger partial charge in [0.1, 0.15) is 0 Å². The predicted octanol–water partition coefficient (Wildman–Crippen LogP) is 0.548. The molecular weight excluding hydrogens is 279 g/mol. The molecule has 1 rings (SSSR count). The molecule has 0 aliphatic carbocycles. The number of carboxylic acid groups (broad SMARTS) is 1.